The maximum Gasteiger partial charge on any atom is 0.260 e. The van der Waals surface area contributed by atoms with E-state index in [1.807, 2.05) is 37.3 Å². The minimum Gasteiger partial charge on any atom is -0.497 e. The number of aryl methyl sites for hydroxylation is 2. The average molecular weight is 367 g/mol. The van der Waals surface area contributed by atoms with Crippen molar-refractivity contribution in [3.8, 4) is 11.5 Å². The minimum atomic E-state index is -0.491. The Kier molecular flexibility index (Phi) is 6.74. The van der Waals surface area contributed by atoms with E-state index in [9.17, 15) is 4.79 Å². The highest BCUT2D eigenvalue weighted by molar-refractivity contribution is 5.80. The Morgan fingerprint density at radius 3 is 2.81 bits per heavy atom. The topological polar surface area (TPSA) is 47.6 Å². The normalized spacial score (nSPS) is 14.1. The van der Waals surface area contributed by atoms with Crippen LogP contribution in [0.5, 0.6) is 11.5 Å². The van der Waals surface area contributed by atoms with Crippen LogP contribution >= 0.6 is 0 Å². The molecule has 1 aliphatic rings. The van der Waals surface area contributed by atoms with Crippen molar-refractivity contribution < 1.29 is 14.3 Å². The summed E-state index contributed by atoms with van der Waals surface area (Å²) in [4.78, 5) is 12.4. The Balaban J connectivity index is 1.45. The monoisotopic (exact) mass is 367 g/mol. The number of nitrogens with one attached hydrogen (secondary N) is 1. The van der Waals surface area contributed by atoms with E-state index >= 15 is 0 Å². The van der Waals surface area contributed by atoms with Crippen LogP contribution in [-0.2, 0) is 24.1 Å². The van der Waals surface area contributed by atoms with Crippen molar-refractivity contribution in [2.24, 2.45) is 0 Å². The third-order valence-electron chi connectivity index (χ3n) is 5.10. The van der Waals surface area contributed by atoms with Crippen molar-refractivity contribution >= 4 is 5.91 Å². The molecule has 0 heterocycles. The number of hydrogen-bond acceptors (Lipinski definition) is 3. The van der Waals surface area contributed by atoms with Crippen LogP contribution in [0.3, 0.4) is 0 Å². The average Bonchev–Trinajstić information content (AvgIpc) is 2.71. The summed E-state index contributed by atoms with van der Waals surface area (Å²) in [6.07, 6.45) is 5.87. The highest BCUT2D eigenvalue weighted by atomic mass is 16.5. The first kappa shape index (κ1) is 19.3. The molecule has 0 aliphatic heterocycles. The van der Waals surface area contributed by atoms with Crippen molar-refractivity contribution in [2.45, 2.75) is 51.6 Å². The van der Waals surface area contributed by atoms with E-state index in [1.165, 1.54) is 29.5 Å². The maximum absolute atomic E-state index is 12.4. The molecule has 4 nitrogen and oxygen atoms in total. The van der Waals surface area contributed by atoms with Crippen LogP contribution in [-0.4, -0.2) is 25.7 Å². The van der Waals surface area contributed by atoms with Crippen LogP contribution in [0.4, 0.5) is 0 Å². The standard InChI is InChI=1S/C23H29NO3/c1-17(27-22-14-6-11-19-10-3-4-13-21(19)22)23(25)24-15-7-9-18-8-5-12-20(16-18)26-2/h5-6,8,11-12,14,16-17H,3-4,7,9-10,13,15H2,1-2H3,(H,24,25)/t17-/m1/s1. The molecule has 0 unspecified atom stereocenters. The van der Waals surface area contributed by atoms with E-state index in [0.717, 1.165) is 37.2 Å². The predicted molar refractivity (Wildman–Crippen MR) is 107 cm³/mol. The van der Waals surface area contributed by atoms with Gasteiger partial charge >= 0.3 is 0 Å². The van der Waals surface area contributed by atoms with Crippen LogP contribution in [0.25, 0.3) is 0 Å². The summed E-state index contributed by atoms with van der Waals surface area (Å²) in [6, 6.07) is 14.2. The molecule has 2 aromatic carbocycles. The van der Waals surface area contributed by atoms with Crippen LogP contribution < -0.4 is 14.8 Å². The van der Waals surface area contributed by atoms with Gasteiger partial charge in [-0.3, -0.25) is 4.79 Å². The van der Waals surface area contributed by atoms with Crippen molar-refractivity contribution in [3.63, 3.8) is 0 Å². The van der Waals surface area contributed by atoms with E-state index in [-0.39, 0.29) is 5.91 Å². The van der Waals surface area contributed by atoms with Gasteiger partial charge in [-0.2, -0.15) is 0 Å². The summed E-state index contributed by atoms with van der Waals surface area (Å²) in [7, 11) is 1.67. The van der Waals surface area contributed by atoms with Crippen molar-refractivity contribution in [3.05, 3.63) is 59.2 Å². The number of carbonyl (C=O) groups is 1. The first-order chi connectivity index (χ1) is 13.2. The summed E-state index contributed by atoms with van der Waals surface area (Å²) >= 11 is 0. The highest BCUT2D eigenvalue weighted by Crippen LogP contribution is 2.30. The molecule has 0 fully saturated rings. The molecular formula is C23H29NO3. The van der Waals surface area contributed by atoms with Gasteiger partial charge < -0.3 is 14.8 Å². The van der Waals surface area contributed by atoms with E-state index < -0.39 is 6.10 Å². The first-order valence-electron chi connectivity index (χ1n) is 9.85. The van der Waals surface area contributed by atoms with Crippen molar-refractivity contribution in [2.75, 3.05) is 13.7 Å². The fourth-order valence-electron chi connectivity index (χ4n) is 3.58. The van der Waals surface area contributed by atoms with Gasteiger partial charge in [0.15, 0.2) is 6.10 Å². The van der Waals surface area contributed by atoms with Gasteiger partial charge in [0.1, 0.15) is 11.5 Å². The Labute approximate surface area is 161 Å². The molecule has 1 atom stereocenters. The van der Waals surface area contributed by atoms with Crippen molar-refractivity contribution in [1.82, 2.24) is 5.32 Å². The molecule has 1 amide bonds. The largest absolute Gasteiger partial charge is 0.497 e. The molecule has 0 spiro atoms. The first-order valence-corrected chi connectivity index (χ1v) is 9.85. The second-order valence-corrected chi connectivity index (χ2v) is 7.11. The number of hydrogen-bond donors (Lipinski definition) is 1. The Hall–Kier alpha value is -2.49. The number of fused-ring (bicyclic) bond motifs is 1. The smallest absolute Gasteiger partial charge is 0.260 e. The van der Waals surface area contributed by atoms with Gasteiger partial charge in [-0.15, -0.1) is 0 Å². The Bertz CT molecular complexity index is 772. The number of benzene rings is 2. The maximum atomic E-state index is 12.4. The van der Waals surface area contributed by atoms with Crippen LogP contribution in [0.1, 0.15) is 42.9 Å². The zero-order chi connectivity index (χ0) is 19.1. The number of methoxy groups -OCH3 is 1. The number of rotatable bonds is 8. The molecule has 2 aromatic rings. The third-order valence-corrected chi connectivity index (χ3v) is 5.10. The summed E-state index contributed by atoms with van der Waals surface area (Å²) in [5, 5.41) is 2.99. The molecule has 27 heavy (non-hydrogen) atoms. The minimum absolute atomic E-state index is 0.0611. The molecule has 4 heteroatoms. The molecule has 3 rings (SSSR count). The van der Waals surface area contributed by atoms with Crippen molar-refractivity contribution in [1.29, 1.82) is 0 Å². The van der Waals surface area contributed by atoms with Gasteiger partial charge in [0, 0.05) is 6.54 Å². The van der Waals surface area contributed by atoms with Gasteiger partial charge in [-0.25, -0.2) is 0 Å². The van der Waals surface area contributed by atoms with Crippen LogP contribution in [0, 0.1) is 0 Å². The fraction of sp³-hybridized carbons (Fsp3) is 0.435. The predicted octanol–water partition coefficient (Wildman–Crippen LogP) is 4.09. The lowest BCUT2D eigenvalue weighted by atomic mass is 9.91. The summed E-state index contributed by atoms with van der Waals surface area (Å²) < 4.78 is 11.2. The zero-order valence-electron chi connectivity index (χ0n) is 16.3. The molecule has 0 aromatic heterocycles. The Morgan fingerprint density at radius 1 is 1.15 bits per heavy atom. The van der Waals surface area contributed by atoms with Crippen LogP contribution in [0.2, 0.25) is 0 Å². The van der Waals surface area contributed by atoms with Gasteiger partial charge in [0.05, 0.1) is 7.11 Å². The zero-order valence-corrected chi connectivity index (χ0v) is 16.3. The molecule has 0 radical (unpaired) electrons. The molecule has 0 saturated carbocycles. The van der Waals surface area contributed by atoms with Gasteiger partial charge in [-0.05, 0) is 80.3 Å². The quantitative estimate of drug-likeness (QED) is 0.715. The van der Waals surface area contributed by atoms with E-state index in [1.54, 1.807) is 7.11 Å². The van der Waals surface area contributed by atoms with Gasteiger partial charge in [-0.1, -0.05) is 24.3 Å². The lowest BCUT2D eigenvalue weighted by Crippen LogP contribution is -2.37. The van der Waals surface area contributed by atoms with Crippen LogP contribution in [0.15, 0.2) is 42.5 Å². The summed E-state index contributed by atoms with van der Waals surface area (Å²) in [5.41, 5.74) is 3.86. The molecule has 144 valence electrons. The molecule has 0 bridgehead atoms. The highest BCUT2D eigenvalue weighted by Gasteiger charge is 2.19. The molecule has 0 saturated heterocycles. The molecule has 1 aliphatic carbocycles. The molecular weight excluding hydrogens is 338 g/mol. The number of amides is 1. The second-order valence-electron chi connectivity index (χ2n) is 7.11. The van der Waals surface area contributed by atoms with Gasteiger partial charge in [0.2, 0.25) is 0 Å². The lowest BCUT2D eigenvalue weighted by molar-refractivity contribution is -0.127. The fourth-order valence-corrected chi connectivity index (χ4v) is 3.58. The van der Waals surface area contributed by atoms with E-state index in [0.29, 0.717) is 6.54 Å². The number of carbonyl (C=O) groups excluding carboxylic acids is 1. The van der Waals surface area contributed by atoms with E-state index in [2.05, 4.69) is 17.4 Å². The lowest BCUT2D eigenvalue weighted by Gasteiger charge is -2.22. The summed E-state index contributed by atoms with van der Waals surface area (Å²) in [6.45, 7) is 2.45. The SMILES string of the molecule is COc1cccc(CCCNC(=O)[C@@H](C)Oc2cccc3c2CCCC3)c1. The second kappa shape index (κ2) is 9.45. The Morgan fingerprint density at radius 2 is 1.96 bits per heavy atom. The summed E-state index contributed by atoms with van der Waals surface area (Å²) in [5.74, 6) is 1.67. The van der Waals surface area contributed by atoms with Gasteiger partial charge in [0.25, 0.3) is 5.91 Å². The third kappa shape index (κ3) is 5.25. The molecule has 1 N–H and O–H groups in total. The van der Waals surface area contributed by atoms with E-state index in [4.69, 9.17) is 9.47 Å². The number of ether oxygens (including phenoxy) is 2.